The van der Waals surface area contributed by atoms with Crippen LogP contribution in [0.4, 0.5) is 10.3 Å². The van der Waals surface area contributed by atoms with Crippen LogP contribution < -0.4 is 4.90 Å². The Morgan fingerprint density at radius 1 is 1.06 bits per heavy atom. The van der Waals surface area contributed by atoms with Gasteiger partial charge in [-0.3, -0.25) is 19.5 Å². The molecule has 8 heteroatoms. The number of Topliss-reactive ketones (excluding diaryl/α,β-unsaturated/α-hetero) is 1. The summed E-state index contributed by atoms with van der Waals surface area (Å²) in [5, 5.41) is 11.1. The van der Waals surface area contributed by atoms with Gasteiger partial charge >= 0.3 is 5.91 Å². The summed E-state index contributed by atoms with van der Waals surface area (Å²) in [7, 11) is 0. The Hall–Kier alpha value is -4.33. The fourth-order valence-electron chi connectivity index (χ4n) is 4.08. The first-order valence-corrected chi connectivity index (χ1v) is 10.3. The van der Waals surface area contributed by atoms with Crippen molar-refractivity contribution in [1.82, 2.24) is 15.0 Å². The van der Waals surface area contributed by atoms with Gasteiger partial charge in [0.15, 0.2) is 0 Å². The summed E-state index contributed by atoms with van der Waals surface area (Å²) in [5.74, 6) is -2.31. The summed E-state index contributed by atoms with van der Waals surface area (Å²) in [6.45, 7) is 3.50. The topological polar surface area (TPSA) is 99.2 Å². The zero-order valence-electron chi connectivity index (χ0n) is 17.8. The van der Waals surface area contributed by atoms with Crippen molar-refractivity contribution in [3.8, 4) is 0 Å². The number of imidazole rings is 1. The first-order chi connectivity index (χ1) is 15.8. The van der Waals surface area contributed by atoms with Gasteiger partial charge in [0.25, 0.3) is 5.78 Å². The average Bonchev–Trinajstić information content (AvgIpc) is 3.33. The Bertz CT molecular complexity index is 1460. The monoisotopic (exact) mass is 442 g/mol. The van der Waals surface area contributed by atoms with Crippen molar-refractivity contribution in [2.75, 3.05) is 4.90 Å². The molecule has 5 rings (SSSR count). The van der Waals surface area contributed by atoms with Crippen molar-refractivity contribution < 1.29 is 19.1 Å². The number of aromatic amines is 1. The molecule has 1 saturated heterocycles. The largest absolute Gasteiger partial charge is 0.507 e. The highest BCUT2D eigenvalue weighted by Crippen LogP contribution is 2.41. The Kier molecular flexibility index (Phi) is 4.78. The summed E-state index contributed by atoms with van der Waals surface area (Å²) in [5.41, 5.74) is 3.38. The molecule has 164 valence electrons. The van der Waals surface area contributed by atoms with E-state index in [0.717, 1.165) is 11.1 Å². The number of nitrogens with one attached hydrogen (secondary N) is 1. The second kappa shape index (κ2) is 7.67. The molecule has 0 aliphatic carbocycles. The van der Waals surface area contributed by atoms with Crippen LogP contribution in [0.25, 0.3) is 16.8 Å². The minimum absolute atomic E-state index is 0.103. The van der Waals surface area contributed by atoms with Crippen molar-refractivity contribution in [2.24, 2.45) is 0 Å². The van der Waals surface area contributed by atoms with Gasteiger partial charge in [0, 0.05) is 18.0 Å². The number of hydrogen-bond acceptors (Lipinski definition) is 5. The minimum atomic E-state index is -0.944. The number of amides is 1. The number of halogens is 1. The summed E-state index contributed by atoms with van der Waals surface area (Å²) in [4.78, 5) is 39.3. The molecule has 0 bridgehead atoms. The Labute approximate surface area is 188 Å². The lowest BCUT2D eigenvalue weighted by molar-refractivity contribution is -0.132. The van der Waals surface area contributed by atoms with Crippen LogP contribution in [-0.2, 0) is 9.59 Å². The summed E-state index contributed by atoms with van der Waals surface area (Å²) >= 11 is 0. The highest BCUT2D eigenvalue weighted by atomic mass is 19.1. The zero-order valence-corrected chi connectivity index (χ0v) is 17.8. The molecule has 4 aromatic rings. The molecular weight excluding hydrogens is 423 g/mol. The molecule has 1 unspecified atom stereocenters. The van der Waals surface area contributed by atoms with Crippen molar-refractivity contribution in [3.05, 3.63) is 94.6 Å². The maximum Gasteiger partial charge on any atom is 0.302 e. The number of rotatable bonds is 3. The summed E-state index contributed by atoms with van der Waals surface area (Å²) < 4.78 is 13.8. The molecule has 33 heavy (non-hydrogen) atoms. The van der Waals surface area contributed by atoms with Crippen LogP contribution in [0.2, 0.25) is 0 Å². The number of H-pyrrole nitrogens is 1. The van der Waals surface area contributed by atoms with Crippen molar-refractivity contribution >= 4 is 34.4 Å². The molecule has 1 atom stereocenters. The number of pyridine rings is 1. The van der Waals surface area contributed by atoms with E-state index in [1.54, 1.807) is 31.5 Å². The van der Waals surface area contributed by atoms with Gasteiger partial charge in [-0.2, -0.15) is 0 Å². The SMILES string of the molecule is Cc1ccc2nc(N3C(=O)C(=O)/C(=C(/O)c4ccc(F)c(C)c4)C3c3ccncc3)[nH]c2c1. The fraction of sp³-hybridized carbons (Fsp3) is 0.120. The number of fused-ring (bicyclic) bond motifs is 1. The molecule has 1 fully saturated rings. The number of aliphatic hydroxyl groups is 1. The molecule has 0 radical (unpaired) electrons. The third-order valence-corrected chi connectivity index (χ3v) is 5.75. The molecule has 2 aromatic heterocycles. The highest BCUT2D eigenvalue weighted by Gasteiger charge is 2.48. The van der Waals surface area contributed by atoms with Crippen LogP contribution in [0.15, 0.2) is 66.5 Å². The molecule has 2 N–H and O–H groups in total. The first-order valence-electron chi connectivity index (χ1n) is 10.3. The Balaban J connectivity index is 1.73. The molecule has 0 spiro atoms. The van der Waals surface area contributed by atoms with Gasteiger partial charge in [-0.1, -0.05) is 6.07 Å². The van der Waals surface area contributed by atoms with E-state index in [-0.39, 0.29) is 22.8 Å². The lowest BCUT2D eigenvalue weighted by Gasteiger charge is -2.22. The lowest BCUT2D eigenvalue weighted by Crippen LogP contribution is -2.30. The third kappa shape index (κ3) is 3.36. The number of ketones is 1. The maximum absolute atomic E-state index is 13.8. The van der Waals surface area contributed by atoms with E-state index in [1.165, 1.54) is 23.1 Å². The van der Waals surface area contributed by atoms with Crippen LogP contribution in [0, 0.1) is 19.7 Å². The average molecular weight is 442 g/mol. The van der Waals surface area contributed by atoms with E-state index in [2.05, 4.69) is 15.0 Å². The van der Waals surface area contributed by atoms with Crippen molar-refractivity contribution in [1.29, 1.82) is 0 Å². The zero-order chi connectivity index (χ0) is 23.3. The Morgan fingerprint density at radius 3 is 2.55 bits per heavy atom. The predicted octanol–water partition coefficient (Wildman–Crippen LogP) is 4.34. The van der Waals surface area contributed by atoms with Crippen LogP contribution >= 0.6 is 0 Å². The van der Waals surface area contributed by atoms with Gasteiger partial charge in [0.2, 0.25) is 5.95 Å². The van der Waals surface area contributed by atoms with Gasteiger partial charge in [-0.05, 0) is 73.0 Å². The standard InChI is InChI=1S/C25H19FN4O3/c1-13-3-6-18-19(11-13)29-25(28-18)30-21(15-7-9-27-10-8-15)20(23(32)24(30)33)22(31)16-4-5-17(26)14(2)12-16/h3-12,21,31H,1-2H3,(H,28,29)/b22-20+. The number of aliphatic hydroxyl groups excluding tert-OH is 1. The number of aryl methyl sites for hydroxylation is 2. The lowest BCUT2D eigenvalue weighted by atomic mass is 9.95. The normalized spacial score (nSPS) is 17.8. The van der Waals surface area contributed by atoms with Gasteiger partial charge in [0.1, 0.15) is 11.6 Å². The molecule has 2 aromatic carbocycles. The van der Waals surface area contributed by atoms with Crippen molar-refractivity contribution in [3.63, 3.8) is 0 Å². The number of aromatic nitrogens is 3. The van der Waals surface area contributed by atoms with E-state index < -0.39 is 23.5 Å². The molecule has 1 aliphatic rings. The Morgan fingerprint density at radius 2 is 1.82 bits per heavy atom. The molecule has 1 amide bonds. The number of carbonyl (C=O) groups excluding carboxylic acids is 2. The molecule has 1 aliphatic heterocycles. The van der Waals surface area contributed by atoms with Crippen LogP contribution in [0.3, 0.4) is 0 Å². The number of nitrogens with zero attached hydrogens (tertiary/aromatic N) is 3. The third-order valence-electron chi connectivity index (χ3n) is 5.75. The molecule has 3 heterocycles. The first kappa shape index (κ1) is 20.6. The maximum atomic E-state index is 13.8. The van der Waals surface area contributed by atoms with Crippen LogP contribution in [-0.4, -0.2) is 31.7 Å². The van der Waals surface area contributed by atoms with E-state index in [1.807, 2.05) is 25.1 Å². The minimum Gasteiger partial charge on any atom is -0.507 e. The summed E-state index contributed by atoms with van der Waals surface area (Å²) in [6, 6.07) is 12.0. The number of anilines is 1. The molecule has 7 nitrogen and oxygen atoms in total. The van der Waals surface area contributed by atoms with E-state index in [4.69, 9.17) is 0 Å². The van der Waals surface area contributed by atoms with Gasteiger partial charge in [-0.25, -0.2) is 9.37 Å². The second-order valence-electron chi connectivity index (χ2n) is 7.99. The number of benzene rings is 2. The van der Waals surface area contributed by atoms with E-state index in [0.29, 0.717) is 16.6 Å². The smallest absolute Gasteiger partial charge is 0.302 e. The highest BCUT2D eigenvalue weighted by molar-refractivity contribution is 6.51. The van der Waals surface area contributed by atoms with Gasteiger partial charge in [0.05, 0.1) is 22.6 Å². The quantitative estimate of drug-likeness (QED) is 0.279. The second-order valence-corrected chi connectivity index (χ2v) is 7.99. The van der Waals surface area contributed by atoms with Crippen LogP contribution in [0.5, 0.6) is 0 Å². The van der Waals surface area contributed by atoms with Gasteiger partial charge < -0.3 is 10.1 Å². The van der Waals surface area contributed by atoms with Gasteiger partial charge in [-0.15, -0.1) is 0 Å². The van der Waals surface area contributed by atoms with E-state index >= 15 is 0 Å². The number of carbonyl (C=O) groups is 2. The van der Waals surface area contributed by atoms with E-state index in [9.17, 15) is 19.1 Å². The predicted molar refractivity (Wildman–Crippen MR) is 121 cm³/mol. The molecular formula is C25H19FN4O3. The van der Waals surface area contributed by atoms with Crippen molar-refractivity contribution in [2.45, 2.75) is 19.9 Å². The van der Waals surface area contributed by atoms with Crippen LogP contribution in [0.1, 0.15) is 28.3 Å². The fourth-order valence-corrected chi connectivity index (χ4v) is 4.08. The summed E-state index contributed by atoms with van der Waals surface area (Å²) in [6.07, 6.45) is 3.08. The molecule has 0 saturated carbocycles. The number of hydrogen-bond donors (Lipinski definition) is 2.